The van der Waals surface area contributed by atoms with Crippen LogP contribution in [0.2, 0.25) is 0 Å². The Morgan fingerprint density at radius 1 is 1.32 bits per heavy atom. The van der Waals surface area contributed by atoms with E-state index in [2.05, 4.69) is 25.4 Å². The first kappa shape index (κ1) is 16.2. The van der Waals surface area contributed by atoms with Crippen LogP contribution < -0.4 is 10.9 Å². The molecule has 130 valence electrons. The molecule has 0 amide bonds. The quantitative estimate of drug-likeness (QED) is 0.740. The minimum Gasteiger partial charge on any atom is -0.337 e. The SMILES string of the molecule is Cc1cncc2ncn(Cc3nc([C@H]4[C@@H]5CNC[C@@H]54)no3)c(=O)c12.Cl. The number of hydrogen-bond donors (Lipinski definition) is 1. The molecule has 0 spiro atoms. The van der Waals surface area contributed by atoms with Gasteiger partial charge in [0.1, 0.15) is 6.54 Å². The van der Waals surface area contributed by atoms with Gasteiger partial charge in [0.2, 0.25) is 5.89 Å². The van der Waals surface area contributed by atoms with E-state index in [0.717, 1.165) is 24.5 Å². The molecule has 4 heterocycles. The molecule has 3 atom stereocenters. The maximum atomic E-state index is 12.7. The lowest BCUT2D eigenvalue weighted by molar-refractivity contribution is 0.363. The van der Waals surface area contributed by atoms with Gasteiger partial charge in [0.05, 0.1) is 23.4 Å². The first-order valence-corrected chi connectivity index (χ1v) is 8.05. The van der Waals surface area contributed by atoms with E-state index in [1.807, 2.05) is 6.92 Å². The van der Waals surface area contributed by atoms with Crippen molar-refractivity contribution in [2.24, 2.45) is 11.8 Å². The Labute approximate surface area is 149 Å². The highest BCUT2D eigenvalue weighted by Gasteiger charge is 2.55. The molecule has 1 saturated carbocycles. The smallest absolute Gasteiger partial charge is 0.262 e. The molecule has 1 aliphatic carbocycles. The molecule has 0 unspecified atom stereocenters. The number of nitrogens with one attached hydrogen (secondary N) is 1. The van der Waals surface area contributed by atoms with Crippen LogP contribution in [-0.4, -0.2) is 37.8 Å². The zero-order valence-electron chi connectivity index (χ0n) is 13.5. The maximum Gasteiger partial charge on any atom is 0.262 e. The summed E-state index contributed by atoms with van der Waals surface area (Å²) >= 11 is 0. The van der Waals surface area contributed by atoms with Crippen molar-refractivity contribution in [3.05, 3.63) is 46.4 Å². The highest BCUT2D eigenvalue weighted by molar-refractivity contribution is 5.85. The number of pyridine rings is 1. The van der Waals surface area contributed by atoms with Gasteiger partial charge in [-0.2, -0.15) is 4.98 Å². The average molecular weight is 361 g/mol. The zero-order chi connectivity index (χ0) is 16.3. The van der Waals surface area contributed by atoms with E-state index in [4.69, 9.17) is 4.52 Å². The predicted octanol–water partition coefficient (Wildman–Crippen LogP) is 0.886. The summed E-state index contributed by atoms with van der Waals surface area (Å²) in [6, 6.07) is 0. The summed E-state index contributed by atoms with van der Waals surface area (Å²) in [6.45, 7) is 4.14. The summed E-state index contributed by atoms with van der Waals surface area (Å²) in [7, 11) is 0. The largest absolute Gasteiger partial charge is 0.337 e. The van der Waals surface area contributed by atoms with Gasteiger partial charge < -0.3 is 9.84 Å². The van der Waals surface area contributed by atoms with Crippen LogP contribution in [-0.2, 0) is 6.54 Å². The second-order valence-corrected chi connectivity index (χ2v) is 6.59. The van der Waals surface area contributed by atoms with Gasteiger partial charge in [0.25, 0.3) is 5.56 Å². The second kappa shape index (κ2) is 5.89. The summed E-state index contributed by atoms with van der Waals surface area (Å²) < 4.78 is 6.85. The van der Waals surface area contributed by atoms with Crippen molar-refractivity contribution in [2.45, 2.75) is 19.4 Å². The van der Waals surface area contributed by atoms with Crippen LogP contribution in [0.4, 0.5) is 0 Å². The van der Waals surface area contributed by atoms with Gasteiger partial charge in [-0.25, -0.2) is 4.98 Å². The van der Waals surface area contributed by atoms with Crippen LogP contribution in [0, 0.1) is 18.8 Å². The van der Waals surface area contributed by atoms with Gasteiger partial charge in [-0.15, -0.1) is 12.4 Å². The molecule has 3 aromatic heterocycles. The number of rotatable bonds is 3. The molecular weight excluding hydrogens is 344 g/mol. The van der Waals surface area contributed by atoms with Gasteiger partial charge in [0.15, 0.2) is 5.82 Å². The van der Waals surface area contributed by atoms with Gasteiger partial charge in [0, 0.05) is 12.1 Å². The Morgan fingerprint density at radius 2 is 2.12 bits per heavy atom. The summed E-state index contributed by atoms with van der Waals surface area (Å²) in [5.41, 5.74) is 1.29. The number of fused-ring (bicyclic) bond motifs is 2. The fourth-order valence-electron chi connectivity index (χ4n) is 3.78. The number of hydrogen-bond acceptors (Lipinski definition) is 7. The topological polar surface area (TPSA) is 98.7 Å². The number of nitrogens with zero attached hydrogens (tertiary/aromatic N) is 5. The van der Waals surface area contributed by atoms with Crippen molar-refractivity contribution in [1.82, 2.24) is 30.0 Å². The minimum absolute atomic E-state index is 0. The van der Waals surface area contributed by atoms with Crippen LogP contribution in [0.25, 0.3) is 10.9 Å². The molecule has 8 nitrogen and oxygen atoms in total. The van der Waals surface area contributed by atoms with E-state index in [0.29, 0.717) is 34.5 Å². The molecule has 1 N–H and O–H groups in total. The van der Waals surface area contributed by atoms with E-state index in [1.54, 1.807) is 12.4 Å². The molecule has 0 aromatic carbocycles. The number of aromatic nitrogens is 5. The lowest BCUT2D eigenvalue weighted by Gasteiger charge is -2.05. The van der Waals surface area contributed by atoms with E-state index in [1.165, 1.54) is 10.9 Å². The Morgan fingerprint density at radius 3 is 2.92 bits per heavy atom. The molecular formula is C16H17ClN6O2. The normalized spacial score (nSPS) is 24.1. The lowest BCUT2D eigenvalue weighted by atomic mass is 10.2. The van der Waals surface area contributed by atoms with Crippen molar-refractivity contribution in [3.8, 4) is 0 Å². The van der Waals surface area contributed by atoms with Crippen LogP contribution in [0.15, 0.2) is 28.0 Å². The first-order chi connectivity index (χ1) is 11.7. The second-order valence-electron chi connectivity index (χ2n) is 6.59. The Kier molecular flexibility index (Phi) is 3.81. The molecule has 25 heavy (non-hydrogen) atoms. The minimum atomic E-state index is -0.118. The molecule has 5 rings (SSSR count). The first-order valence-electron chi connectivity index (χ1n) is 8.05. The molecule has 2 fully saturated rings. The molecule has 0 radical (unpaired) electrons. The molecule has 1 saturated heterocycles. The van der Waals surface area contributed by atoms with Crippen molar-refractivity contribution in [2.75, 3.05) is 13.1 Å². The van der Waals surface area contributed by atoms with E-state index in [-0.39, 0.29) is 24.5 Å². The monoisotopic (exact) mass is 360 g/mol. The molecule has 0 bridgehead atoms. The van der Waals surface area contributed by atoms with Gasteiger partial charge in [-0.3, -0.25) is 14.3 Å². The number of aryl methyl sites for hydroxylation is 1. The van der Waals surface area contributed by atoms with E-state index < -0.39 is 0 Å². The fourth-order valence-corrected chi connectivity index (χ4v) is 3.78. The third-order valence-corrected chi connectivity index (χ3v) is 5.11. The van der Waals surface area contributed by atoms with Crippen molar-refractivity contribution in [1.29, 1.82) is 0 Å². The molecule has 2 aliphatic rings. The molecule has 9 heteroatoms. The summed E-state index contributed by atoms with van der Waals surface area (Å²) in [5, 5.41) is 8.04. The third kappa shape index (κ3) is 2.52. The highest BCUT2D eigenvalue weighted by atomic mass is 35.5. The van der Waals surface area contributed by atoms with Gasteiger partial charge >= 0.3 is 0 Å². The summed E-state index contributed by atoms with van der Waals surface area (Å²) in [6.07, 6.45) is 4.77. The number of halogens is 1. The standard InChI is InChI=1S/C16H16N6O2.ClH/c1-8-2-17-5-11-13(8)16(23)22(7-19-11)6-12-20-15(21-24-12)14-9-3-18-4-10(9)14;/h2,5,7,9-10,14,18H,3-4,6H2,1H3;1H/t9-,10+,14+;. The van der Waals surface area contributed by atoms with Crippen molar-refractivity contribution >= 4 is 23.3 Å². The zero-order valence-corrected chi connectivity index (χ0v) is 14.4. The molecule has 1 aliphatic heterocycles. The lowest BCUT2D eigenvalue weighted by Crippen LogP contribution is -2.22. The van der Waals surface area contributed by atoms with Gasteiger partial charge in [-0.1, -0.05) is 5.16 Å². The fraction of sp³-hybridized carbons (Fsp3) is 0.438. The van der Waals surface area contributed by atoms with E-state index in [9.17, 15) is 4.79 Å². The van der Waals surface area contributed by atoms with Crippen molar-refractivity contribution < 1.29 is 4.52 Å². The molecule has 3 aromatic rings. The van der Waals surface area contributed by atoms with Crippen LogP contribution in [0.1, 0.15) is 23.2 Å². The number of piperidine rings is 1. The summed E-state index contributed by atoms with van der Waals surface area (Å²) in [5.74, 6) is 2.89. The summed E-state index contributed by atoms with van der Waals surface area (Å²) in [4.78, 5) is 25.5. The predicted molar refractivity (Wildman–Crippen MR) is 91.8 cm³/mol. The van der Waals surface area contributed by atoms with Gasteiger partial charge in [-0.05, 0) is 37.4 Å². The van der Waals surface area contributed by atoms with Crippen LogP contribution >= 0.6 is 12.4 Å². The third-order valence-electron chi connectivity index (χ3n) is 5.11. The van der Waals surface area contributed by atoms with Crippen LogP contribution in [0.3, 0.4) is 0 Å². The van der Waals surface area contributed by atoms with Crippen molar-refractivity contribution in [3.63, 3.8) is 0 Å². The Bertz CT molecular complexity index is 990. The average Bonchev–Trinajstić information content (AvgIpc) is 2.95. The Hall–Kier alpha value is -2.32. The van der Waals surface area contributed by atoms with Crippen LogP contribution in [0.5, 0.6) is 0 Å². The highest BCUT2D eigenvalue weighted by Crippen LogP contribution is 2.54. The van der Waals surface area contributed by atoms with E-state index >= 15 is 0 Å². The Balaban J connectivity index is 0.00000157. The maximum absolute atomic E-state index is 12.7.